The van der Waals surface area contributed by atoms with Gasteiger partial charge in [-0.1, -0.05) is 6.07 Å². The number of carbonyl (C=O) groups excluding carboxylic acids is 2. The highest BCUT2D eigenvalue weighted by Crippen LogP contribution is 2.24. The number of nitrogens with zero attached hydrogens (tertiary/aromatic N) is 3. The topological polar surface area (TPSA) is 91.0 Å². The van der Waals surface area contributed by atoms with Crippen molar-refractivity contribution in [3.63, 3.8) is 0 Å². The quantitative estimate of drug-likeness (QED) is 0.875. The van der Waals surface area contributed by atoms with E-state index in [0.29, 0.717) is 35.9 Å². The molecule has 0 saturated heterocycles. The van der Waals surface area contributed by atoms with Crippen molar-refractivity contribution in [2.24, 2.45) is 0 Å². The number of aromatic nitrogens is 3. The molecule has 2 amide bonds. The Hall–Kier alpha value is -2.70. The number of aromatic amines is 1. The summed E-state index contributed by atoms with van der Waals surface area (Å²) in [7, 11) is 1.69. The third-order valence-electron chi connectivity index (χ3n) is 3.35. The summed E-state index contributed by atoms with van der Waals surface area (Å²) >= 11 is 0. The van der Waals surface area contributed by atoms with E-state index in [1.165, 1.54) is 0 Å². The van der Waals surface area contributed by atoms with Crippen LogP contribution in [0.15, 0.2) is 18.2 Å². The molecule has 1 aromatic heterocycles. The summed E-state index contributed by atoms with van der Waals surface area (Å²) in [4.78, 5) is 29.4. The zero-order valence-electron chi connectivity index (χ0n) is 11.8. The van der Waals surface area contributed by atoms with Gasteiger partial charge in [0, 0.05) is 18.3 Å². The second kappa shape index (κ2) is 5.01. The van der Waals surface area contributed by atoms with Crippen LogP contribution in [-0.4, -0.2) is 38.9 Å². The van der Waals surface area contributed by atoms with Gasteiger partial charge in [0.15, 0.2) is 5.82 Å². The van der Waals surface area contributed by atoms with E-state index in [0.717, 1.165) is 5.56 Å². The molecule has 0 aliphatic carbocycles. The van der Waals surface area contributed by atoms with Gasteiger partial charge in [-0.3, -0.25) is 14.7 Å². The maximum Gasteiger partial charge on any atom is 0.254 e. The fourth-order valence-electron chi connectivity index (χ4n) is 2.31. The highest BCUT2D eigenvalue weighted by atomic mass is 16.2. The number of hydrogen-bond donors (Lipinski definition) is 2. The first-order valence-electron chi connectivity index (χ1n) is 6.59. The van der Waals surface area contributed by atoms with E-state index < -0.39 is 0 Å². The van der Waals surface area contributed by atoms with Crippen LogP contribution >= 0.6 is 0 Å². The Balaban J connectivity index is 1.76. The summed E-state index contributed by atoms with van der Waals surface area (Å²) in [5.74, 6) is 1.10. The molecule has 2 N–H and O–H groups in total. The van der Waals surface area contributed by atoms with Crippen LogP contribution in [0.1, 0.15) is 27.6 Å². The standard InChI is InChI=1S/C14H15N5O2/c1-8-15-12(18-17-8)7-19(2)14(21)10-4-3-9-6-13(20)16-11(9)5-10/h3-5H,6-7H2,1-2H3,(H,16,20)(H,15,17,18). The van der Waals surface area contributed by atoms with Crippen molar-refractivity contribution in [2.75, 3.05) is 12.4 Å². The Bertz CT molecular complexity index is 722. The van der Waals surface area contributed by atoms with E-state index in [-0.39, 0.29) is 11.8 Å². The molecule has 2 aromatic rings. The summed E-state index contributed by atoms with van der Waals surface area (Å²) in [5, 5.41) is 9.50. The molecule has 0 bridgehead atoms. The van der Waals surface area contributed by atoms with Crippen molar-refractivity contribution in [1.82, 2.24) is 20.1 Å². The minimum Gasteiger partial charge on any atom is -0.334 e. The molecular formula is C14H15N5O2. The molecule has 108 valence electrons. The number of fused-ring (bicyclic) bond motifs is 1. The minimum atomic E-state index is -0.138. The van der Waals surface area contributed by atoms with Gasteiger partial charge in [0.25, 0.3) is 5.91 Å². The minimum absolute atomic E-state index is 0.0425. The lowest BCUT2D eigenvalue weighted by atomic mass is 10.1. The van der Waals surface area contributed by atoms with Crippen LogP contribution in [-0.2, 0) is 17.8 Å². The summed E-state index contributed by atoms with van der Waals surface area (Å²) < 4.78 is 0. The lowest BCUT2D eigenvalue weighted by molar-refractivity contribution is -0.115. The Labute approximate surface area is 121 Å². The molecular weight excluding hydrogens is 270 g/mol. The number of anilines is 1. The van der Waals surface area contributed by atoms with E-state index in [2.05, 4.69) is 20.5 Å². The molecule has 0 saturated carbocycles. The second-order valence-electron chi connectivity index (χ2n) is 5.10. The highest BCUT2D eigenvalue weighted by molar-refractivity contribution is 6.02. The molecule has 1 aliphatic rings. The Morgan fingerprint density at radius 3 is 2.95 bits per heavy atom. The van der Waals surface area contributed by atoms with E-state index in [4.69, 9.17) is 0 Å². The molecule has 0 unspecified atom stereocenters. The molecule has 0 radical (unpaired) electrons. The average molecular weight is 285 g/mol. The predicted molar refractivity (Wildman–Crippen MR) is 75.7 cm³/mol. The number of aryl methyl sites for hydroxylation is 1. The summed E-state index contributed by atoms with van der Waals surface area (Å²) in [6, 6.07) is 5.26. The fraction of sp³-hybridized carbons (Fsp3) is 0.286. The first-order valence-corrected chi connectivity index (χ1v) is 6.59. The molecule has 0 spiro atoms. The predicted octanol–water partition coefficient (Wildman–Crippen LogP) is 0.880. The third kappa shape index (κ3) is 2.62. The van der Waals surface area contributed by atoms with Crippen LogP contribution in [0.2, 0.25) is 0 Å². The first-order chi connectivity index (χ1) is 10.0. The lowest BCUT2D eigenvalue weighted by Crippen LogP contribution is -2.26. The number of carbonyl (C=O) groups is 2. The van der Waals surface area contributed by atoms with Crippen LogP contribution in [0.25, 0.3) is 0 Å². The summed E-state index contributed by atoms with van der Waals surface area (Å²) in [6.45, 7) is 2.13. The number of amides is 2. The number of benzene rings is 1. The fourth-order valence-corrected chi connectivity index (χ4v) is 2.31. The molecule has 1 aliphatic heterocycles. The number of nitrogens with one attached hydrogen (secondary N) is 2. The maximum atomic E-state index is 12.4. The molecule has 7 nitrogen and oxygen atoms in total. The van der Waals surface area contributed by atoms with Crippen molar-refractivity contribution in [3.8, 4) is 0 Å². The van der Waals surface area contributed by atoms with Gasteiger partial charge in [-0.25, -0.2) is 4.98 Å². The Kier molecular flexibility index (Phi) is 3.17. The van der Waals surface area contributed by atoms with E-state index in [9.17, 15) is 9.59 Å². The molecule has 0 atom stereocenters. The Morgan fingerprint density at radius 1 is 1.43 bits per heavy atom. The van der Waals surface area contributed by atoms with Gasteiger partial charge in [-0.05, 0) is 24.6 Å². The van der Waals surface area contributed by atoms with Crippen LogP contribution in [0, 0.1) is 6.92 Å². The largest absolute Gasteiger partial charge is 0.334 e. The lowest BCUT2D eigenvalue weighted by Gasteiger charge is -2.15. The van der Waals surface area contributed by atoms with Crippen LogP contribution in [0.5, 0.6) is 0 Å². The van der Waals surface area contributed by atoms with Gasteiger partial charge in [0.2, 0.25) is 5.91 Å². The molecule has 21 heavy (non-hydrogen) atoms. The number of rotatable bonds is 3. The normalized spacial score (nSPS) is 13.0. The number of H-pyrrole nitrogens is 1. The van der Waals surface area contributed by atoms with Crippen molar-refractivity contribution in [3.05, 3.63) is 41.0 Å². The van der Waals surface area contributed by atoms with Crippen molar-refractivity contribution >= 4 is 17.5 Å². The summed E-state index contributed by atoms with van der Waals surface area (Å²) in [6.07, 6.45) is 0.371. The van der Waals surface area contributed by atoms with Gasteiger partial charge >= 0.3 is 0 Å². The zero-order chi connectivity index (χ0) is 15.0. The SMILES string of the molecule is Cc1nc(CN(C)C(=O)c2ccc3c(c2)NC(=O)C3)n[nH]1. The Morgan fingerprint density at radius 2 is 2.24 bits per heavy atom. The van der Waals surface area contributed by atoms with Gasteiger partial charge in [0.1, 0.15) is 5.82 Å². The monoisotopic (exact) mass is 285 g/mol. The van der Waals surface area contributed by atoms with Gasteiger partial charge in [0.05, 0.1) is 13.0 Å². The smallest absolute Gasteiger partial charge is 0.254 e. The van der Waals surface area contributed by atoms with E-state index in [1.807, 2.05) is 13.0 Å². The van der Waals surface area contributed by atoms with Crippen LogP contribution in [0.3, 0.4) is 0 Å². The van der Waals surface area contributed by atoms with Gasteiger partial charge < -0.3 is 10.2 Å². The number of hydrogen-bond acceptors (Lipinski definition) is 4. The van der Waals surface area contributed by atoms with Crippen molar-refractivity contribution in [2.45, 2.75) is 19.9 Å². The highest BCUT2D eigenvalue weighted by Gasteiger charge is 2.20. The molecule has 0 fully saturated rings. The van der Waals surface area contributed by atoms with Crippen LogP contribution in [0.4, 0.5) is 5.69 Å². The average Bonchev–Trinajstić information content (AvgIpc) is 3.01. The van der Waals surface area contributed by atoms with Crippen LogP contribution < -0.4 is 5.32 Å². The van der Waals surface area contributed by atoms with Crippen molar-refractivity contribution in [1.29, 1.82) is 0 Å². The second-order valence-corrected chi connectivity index (χ2v) is 5.10. The molecule has 7 heteroatoms. The zero-order valence-corrected chi connectivity index (χ0v) is 11.8. The summed E-state index contributed by atoms with van der Waals surface area (Å²) in [5.41, 5.74) is 2.17. The molecule has 2 heterocycles. The molecule has 3 rings (SSSR count). The van der Waals surface area contributed by atoms with Gasteiger partial charge in [-0.15, -0.1) is 0 Å². The first kappa shape index (κ1) is 13.3. The maximum absolute atomic E-state index is 12.4. The van der Waals surface area contributed by atoms with Crippen molar-refractivity contribution < 1.29 is 9.59 Å². The van der Waals surface area contributed by atoms with E-state index in [1.54, 1.807) is 24.1 Å². The van der Waals surface area contributed by atoms with Gasteiger partial charge in [-0.2, -0.15) is 5.10 Å². The molecule has 1 aromatic carbocycles. The van der Waals surface area contributed by atoms with E-state index >= 15 is 0 Å². The third-order valence-corrected chi connectivity index (χ3v) is 3.35.